The van der Waals surface area contributed by atoms with Crippen molar-refractivity contribution in [3.05, 3.63) is 104 Å². The Kier molecular flexibility index (Phi) is 10.3. The monoisotopic (exact) mass is 691 g/mol. The number of carbonyl (C=O) groups excluding carboxylic acids is 3. The Morgan fingerprint density at radius 3 is 2.48 bits per heavy atom. The van der Waals surface area contributed by atoms with E-state index in [9.17, 15) is 27.2 Å². The number of fused-ring (bicyclic) bond motifs is 1. The van der Waals surface area contributed by atoms with Gasteiger partial charge in [-0.1, -0.05) is 60.3 Å². The Balaban J connectivity index is 1.56. The van der Waals surface area contributed by atoms with Crippen molar-refractivity contribution in [1.82, 2.24) is 15.1 Å². The summed E-state index contributed by atoms with van der Waals surface area (Å²) < 4.78 is 46.7. The Hall–Kier alpha value is -3.55. The summed E-state index contributed by atoms with van der Waals surface area (Å²) in [6.07, 6.45) is 3.51. The molecule has 244 valence electrons. The van der Waals surface area contributed by atoms with Crippen molar-refractivity contribution in [2.24, 2.45) is 0 Å². The number of rotatable bonds is 9. The van der Waals surface area contributed by atoms with Crippen molar-refractivity contribution in [1.29, 1.82) is 0 Å². The van der Waals surface area contributed by atoms with E-state index in [1.807, 2.05) is 0 Å². The van der Waals surface area contributed by atoms with Gasteiger partial charge in [0.2, 0.25) is 10.0 Å². The Morgan fingerprint density at radius 1 is 1.02 bits per heavy atom. The molecule has 3 aromatic rings. The minimum absolute atomic E-state index is 0.00163. The van der Waals surface area contributed by atoms with E-state index in [0.717, 1.165) is 25.2 Å². The average Bonchev–Trinajstić information content (AvgIpc) is 3.01. The summed E-state index contributed by atoms with van der Waals surface area (Å²) in [6, 6.07) is 12.8. The van der Waals surface area contributed by atoms with Crippen molar-refractivity contribution in [3.8, 4) is 0 Å². The lowest BCUT2D eigenvalue weighted by Gasteiger charge is -2.49. The van der Waals surface area contributed by atoms with E-state index >= 15 is 0 Å². The number of ether oxygens (including phenoxy) is 1. The predicted octanol–water partition coefficient (Wildman–Crippen LogP) is 5.31. The van der Waals surface area contributed by atoms with E-state index in [2.05, 4.69) is 10.2 Å². The number of nitrogens with zero attached hydrogens (tertiary/aromatic N) is 1. The summed E-state index contributed by atoms with van der Waals surface area (Å²) in [5, 5.41) is 0.552. The molecule has 2 N–H and O–H groups in total. The van der Waals surface area contributed by atoms with Crippen LogP contribution in [-0.4, -0.2) is 56.6 Å². The lowest BCUT2D eigenvalue weighted by Crippen LogP contribution is -2.59. The van der Waals surface area contributed by atoms with Crippen molar-refractivity contribution in [2.75, 3.05) is 13.4 Å². The number of methoxy groups -OCH3 is 1. The van der Waals surface area contributed by atoms with Crippen LogP contribution in [0.25, 0.3) is 0 Å². The summed E-state index contributed by atoms with van der Waals surface area (Å²) in [7, 11) is -2.44. The molecule has 0 bridgehead atoms. The molecule has 1 fully saturated rings. The van der Waals surface area contributed by atoms with Crippen LogP contribution in [0.3, 0.4) is 0 Å². The molecule has 1 aliphatic heterocycles. The van der Waals surface area contributed by atoms with Gasteiger partial charge in [-0.05, 0) is 60.4 Å². The third-order valence-corrected chi connectivity index (χ3v) is 9.55. The smallest absolute Gasteiger partial charge is 0.337 e. The molecule has 1 aliphatic carbocycles. The van der Waals surface area contributed by atoms with Crippen LogP contribution in [0, 0.1) is 5.82 Å². The molecule has 0 spiro atoms. The molecular weight excluding hydrogens is 660 g/mol. The molecule has 3 aromatic carbocycles. The highest BCUT2D eigenvalue weighted by atomic mass is 35.5. The highest BCUT2D eigenvalue weighted by Crippen LogP contribution is 2.47. The number of esters is 1. The number of nitrogens with one attached hydrogen (secondary N) is 2. The van der Waals surface area contributed by atoms with E-state index in [-0.39, 0.29) is 27.6 Å². The van der Waals surface area contributed by atoms with Gasteiger partial charge in [0.05, 0.1) is 30.9 Å². The third kappa shape index (κ3) is 7.21. The van der Waals surface area contributed by atoms with E-state index in [4.69, 9.17) is 32.8 Å². The molecular formula is C32H32Cl2FN3O7S. The highest BCUT2D eigenvalue weighted by molar-refractivity contribution is 7.88. The molecule has 0 unspecified atom stereocenters. The van der Waals surface area contributed by atoms with Gasteiger partial charge in [-0.25, -0.2) is 27.8 Å². The second-order valence-corrected chi connectivity index (χ2v) is 13.9. The predicted molar refractivity (Wildman–Crippen MR) is 169 cm³/mol. The average molecular weight is 693 g/mol. The summed E-state index contributed by atoms with van der Waals surface area (Å²) in [6.45, 7) is -0.422. The van der Waals surface area contributed by atoms with Gasteiger partial charge in [-0.15, -0.1) is 0 Å². The van der Waals surface area contributed by atoms with Gasteiger partial charge in [0.15, 0.2) is 0 Å². The largest absolute Gasteiger partial charge is 0.465 e. The molecule has 0 radical (unpaired) electrons. The van der Waals surface area contributed by atoms with Gasteiger partial charge in [0, 0.05) is 33.3 Å². The second-order valence-electron chi connectivity index (χ2n) is 11.3. The molecule has 4 atom stereocenters. The quantitative estimate of drug-likeness (QED) is 0.230. The van der Waals surface area contributed by atoms with Gasteiger partial charge in [-0.2, -0.15) is 0 Å². The van der Waals surface area contributed by atoms with E-state index in [0.29, 0.717) is 29.0 Å². The van der Waals surface area contributed by atoms with Crippen molar-refractivity contribution in [3.63, 3.8) is 0 Å². The Bertz CT molecular complexity index is 1770. The number of benzene rings is 3. The van der Waals surface area contributed by atoms with Crippen LogP contribution in [-0.2, 0) is 31.0 Å². The molecule has 14 heteroatoms. The van der Waals surface area contributed by atoms with E-state index in [1.165, 1.54) is 25.3 Å². The van der Waals surface area contributed by atoms with Crippen LogP contribution in [0.4, 0.5) is 4.39 Å². The standard InChI is InChI=1S/C32H32Cl2FN3O7S/c1-44-32(41)18-11-14-25(35)19(15-18)17-45-36-30(39)28-21-7-3-4-8-22(21)31(40)38(29(28)23-13-12-20(33)16-24(23)34)27-10-6-5-9-26(27)37-46(2,42)43/h3-4,7-8,11-16,26-29,37H,5-6,9-10,17H2,1-2H3,(H,36,39)/t26-,27-,28+,29-/m0/s1. The van der Waals surface area contributed by atoms with E-state index in [1.54, 1.807) is 41.3 Å². The molecule has 5 rings (SSSR count). The fourth-order valence-corrected chi connectivity index (χ4v) is 7.65. The Labute approximate surface area is 276 Å². The molecule has 1 saturated carbocycles. The minimum Gasteiger partial charge on any atom is -0.465 e. The fraction of sp³-hybridized carbons (Fsp3) is 0.344. The van der Waals surface area contributed by atoms with Crippen molar-refractivity contribution < 1.29 is 36.8 Å². The summed E-state index contributed by atoms with van der Waals surface area (Å²) >= 11 is 13.0. The minimum atomic E-state index is -3.64. The number of carbonyl (C=O) groups is 3. The van der Waals surface area contributed by atoms with Gasteiger partial charge < -0.3 is 9.64 Å². The highest BCUT2D eigenvalue weighted by Gasteiger charge is 2.49. The zero-order valence-corrected chi connectivity index (χ0v) is 27.3. The molecule has 1 heterocycles. The molecule has 2 aliphatic rings. The molecule has 0 aromatic heterocycles. The zero-order chi connectivity index (χ0) is 33.2. The van der Waals surface area contributed by atoms with Crippen LogP contribution in [0.5, 0.6) is 0 Å². The lowest BCUT2D eigenvalue weighted by molar-refractivity contribution is -0.138. The molecule has 10 nitrogen and oxygen atoms in total. The lowest BCUT2D eigenvalue weighted by atomic mass is 9.76. The maximum atomic E-state index is 14.6. The first-order chi connectivity index (χ1) is 21.9. The van der Waals surface area contributed by atoms with Crippen LogP contribution in [0.1, 0.15) is 75.0 Å². The van der Waals surface area contributed by atoms with Crippen LogP contribution < -0.4 is 10.2 Å². The van der Waals surface area contributed by atoms with Crippen molar-refractivity contribution >= 4 is 51.0 Å². The first kappa shape index (κ1) is 33.8. The van der Waals surface area contributed by atoms with Gasteiger partial charge in [-0.3, -0.25) is 14.4 Å². The molecule has 2 amide bonds. The summed E-state index contributed by atoms with van der Waals surface area (Å²) in [5.74, 6) is -3.45. The van der Waals surface area contributed by atoms with Crippen LogP contribution in [0.2, 0.25) is 10.0 Å². The van der Waals surface area contributed by atoms with E-state index < -0.39 is 58.4 Å². The molecule has 46 heavy (non-hydrogen) atoms. The zero-order valence-electron chi connectivity index (χ0n) is 25.0. The van der Waals surface area contributed by atoms with Crippen molar-refractivity contribution in [2.45, 2.75) is 56.3 Å². The van der Waals surface area contributed by atoms with Crippen LogP contribution >= 0.6 is 23.2 Å². The SMILES string of the molecule is COC(=O)c1ccc(F)c(CONC(=O)[C@@H]2c3ccccc3C(=O)N([C@H]3CCCC[C@@H]3NS(C)(=O)=O)[C@H]2c2ccc(Cl)cc2Cl)c1. The number of halogens is 3. The number of hydroxylamine groups is 1. The number of hydrogen-bond acceptors (Lipinski definition) is 7. The first-order valence-electron chi connectivity index (χ1n) is 14.5. The number of hydrogen-bond donors (Lipinski definition) is 2. The van der Waals surface area contributed by atoms with Gasteiger partial charge in [0.1, 0.15) is 12.4 Å². The third-order valence-electron chi connectivity index (χ3n) is 8.26. The normalized spacial score (nSPS) is 21.4. The fourth-order valence-electron chi connectivity index (χ4n) is 6.31. The Morgan fingerprint density at radius 2 is 1.76 bits per heavy atom. The topological polar surface area (TPSA) is 131 Å². The summed E-state index contributed by atoms with van der Waals surface area (Å²) in [4.78, 5) is 47.5. The second kappa shape index (κ2) is 14.1. The van der Waals surface area contributed by atoms with Crippen LogP contribution in [0.15, 0.2) is 60.7 Å². The maximum absolute atomic E-state index is 14.6. The molecule has 0 saturated heterocycles. The number of amides is 2. The number of sulfonamides is 1. The maximum Gasteiger partial charge on any atom is 0.337 e. The van der Waals surface area contributed by atoms with Gasteiger partial charge in [0.25, 0.3) is 11.8 Å². The van der Waals surface area contributed by atoms with Gasteiger partial charge >= 0.3 is 5.97 Å². The first-order valence-corrected chi connectivity index (χ1v) is 17.2. The summed E-state index contributed by atoms with van der Waals surface area (Å²) in [5.41, 5.74) is 3.61.